The number of rotatable bonds is 4. The summed E-state index contributed by atoms with van der Waals surface area (Å²) < 4.78 is 5.07. The molecule has 0 bridgehead atoms. The Kier molecular flexibility index (Phi) is 3.71. The first-order valence-corrected chi connectivity index (χ1v) is 4.46. The summed E-state index contributed by atoms with van der Waals surface area (Å²) in [5, 5.41) is 0. The van der Waals surface area contributed by atoms with E-state index in [0.717, 1.165) is 18.6 Å². The third-order valence-electron chi connectivity index (χ3n) is 1.89. The number of nitrogens with zero attached hydrogens (tertiary/aromatic N) is 1. The zero-order valence-corrected chi connectivity index (χ0v) is 8.16. The van der Waals surface area contributed by atoms with Gasteiger partial charge in [0.1, 0.15) is 5.75 Å². The maximum absolute atomic E-state index is 5.66. The molecule has 0 aliphatic carbocycles. The van der Waals surface area contributed by atoms with Gasteiger partial charge in [-0.2, -0.15) is 0 Å². The number of ether oxygens (including phenoxy) is 1. The fourth-order valence-electron chi connectivity index (χ4n) is 1.11. The van der Waals surface area contributed by atoms with Gasteiger partial charge in [-0.1, -0.05) is 0 Å². The molecule has 0 saturated heterocycles. The first kappa shape index (κ1) is 9.99. The molecule has 0 aliphatic heterocycles. The summed E-state index contributed by atoms with van der Waals surface area (Å²) in [6.07, 6.45) is 5.50. The van der Waals surface area contributed by atoms with Crippen LogP contribution in [0.2, 0.25) is 0 Å². The predicted octanol–water partition coefficient (Wildman–Crippen LogP) is 1.37. The maximum atomic E-state index is 5.66. The van der Waals surface area contributed by atoms with E-state index in [9.17, 15) is 0 Å². The highest BCUT2D eigenvalue weighted by molar-refractivity contribution is 5.23. The van der Waals surface area contributed by atoms with E-state index in [0.29, 0.717) is 0 Å². The lowest BCUT2D eigenvalue weighted by molar-refractivity contribution is 0.412. The number of pyridine rings is 1. The number of nitrogens with two attached hydrogens (primary N) is 1. The quantitative estimate of drug-likeness (QED) is 0.761. The van der Waals surface area contributed by atoms with Crippen molar-refractivity contribution in [1.29, 1.82) is 0 Å². The van der Waals surface area contributed by atoms with Crippen LogP contribution in [-0.4, -0.2) is 18.1 Å². The van der Waals surface area contributed by atoms with Gasteiger partial charge in [0.05, 0.1) is 13.3 Å². The Morgan fingerprint density at radius 2 is 2.31 bits per heavy atom. The van der Waals surface area contributed by atoms with Gasteiger partial charge in [-0.25, -0.2) is 0 Å². The Bertz CT molecular complexity index is 261. The van der Waals surface area contributed by atoms with Crippen molar-refractivity contribution in [2.24, 2.45) is 5.73 Å². The second kappa shape index (κ2) is 4.82. The molecule has 0 fully saturated rings. The molecule has 1 rings (SSSR count). The lowest BCUT2D eigenvalue weighted by Crippen LogP contribution is -2.15. The molecule has 0 amide bonds. The van der Waals surface area contributed by atoms with Gasteiger partial charge in [-0.05, 0) is 31.4 Å². The number of aryl methyl sites for hydroxylation is 1. The molecular weight excluding hydrogens is 164 g/mol. The van der Waals surface area contributed by atoms with Gasteiger partial charge < -0.3 is 10.5 Å². The highest BCUT2D eigenvalue weighted by Crippen LogP contribution is 2.11. The normalized spacial score (nSPS) is 12.5. The monoisotopic (exact) mass is 180 g/mol. The summed E-state index contributed by atoms with van der Waals surface area (Å²) in [6, 6.07) is 2.24. The molecule has 0 unspecified atom stereocenters. The number of hydrogen-bond donors (Lipinski definition) is 1. The summed E-state index contributed by atoms with van der Waals surface area (Å²) in [4.78, 5) is 4.07. The third kappa shape index (κ3) is 3.42. The molecular formula is C10H16N2O. The van der Waals surface area contributed by atoms with E-state index in [1.807, 2.05) is 19.2 Å². The van der Waals surface area contributed by atoms with Crippen molar-refractivity contribution in [2.45, 2.75) is 25.8 Å². The SMILES string of the molecule is COc1cncc(CC[C@H](C)N)c1. The second-order valence-electron chi connectivity index (χ2n) is 3.25. The molecule has 1 aromatic rings. The fraction of sp³-hybridized carbons (Fsp3) is 0.500. The van der Waals surface area contributed by atoms with Gasteiger partial charge in [-0.15, -0.1) is 0 Å². The van der Waals surface area contributed by atoms with Crippen LogP contribution in [0, 0.1) is 0 Å². The summed E-state index contributed by atoms with van der Waals surface area (Å²) >= 11 is 0. The van der Waals surface area contributed by atoms with Crippen molar-refractivity contribution < 1.29 is 4.74 Å². The Labute approximate surface area is 78.9 Å². The number of aromatic nitrogens is 1. The standard InChI is InChI=1S/C10H16N2O/c1-8(11)3-4-9-5-10(13-2)7-12-6-9/h5-8H,3-4,11H2,1-2H3/t8-/m0/s1. The van der Waals surface area contributed by atoms with Gasteiger partial charge in [0, 0.05) is 12.2 Å². The molecule has 2 N–H and O–H groups in total. The van der Waals surface area contributed by atoms with Crippen LogP contribution in [0.15, 0.2) is 18.5 Å². The summed E-state index contributed by atoms with van der Waals surface area (Å²) in [6.45, 7) is 2.01. The predicted molar refractivity (Wildman–Crippen MR) is 52.8 cm³/mol. The van der Waals surface area contributed by atoms with Crippen LogP contribution in [-0.2, 0) is 6.42 Å². The zero-order chi connectivity index (χ0) is 9.68. The number of hydrogen-bond acceptors (Lipinski definition) is 3. The van der Waals surface area contributed by atoms with E-state index in [2.05, 4.69) is 4.98 Å². The number of methoxy groups -OCH3 is 1. The van der Waals surface area contributed by atoms with Crippen molar-refractivity contribution in [3.63, 3.8) is 0 Å². The lowest BCUT2D eigenvalue weighted by Gasteiger charge is -2.05. The van der Waals surface area contributed by atoms with E-state index < -0.39 is 0 Å². The van der Waals surface area contributed by atoms with Crippen molar-refractivity contribution in [3.05, 3.63) is 24.0 Å². The average Bonchev–Trinajstić information content (AvgIpc) is 2.15. The van der Waals surface area contributed by atoms with E-state index in [-0.39, 0.29) is 6.04 Å². The molecule has 0 radical (unpaired) electrons. The van der Waals surface area contributed by atoms with Gasteiger partial charge in [0.15, 0.2) is 0 Å². The highest BCUT2D eigenvalue weighted by Gasteiger charge is 1.98. The average molecular weight is 180 g/mol. The summed E-state index contributed by atoms with van der Waals surface area (Å²) in [5.41, 5.74) is 6.84. The topological polar surface area (TPSA) is 48.1 Å². The second-order valence-corrected chi connectivity index (χ2v) is 3.25. The minimum Gasteiger partial charge on any atom is -0.495 e. The van der Waals surface area contributed by atoms with Crippen molar-refractivity contribution in [1.82, 2.24) is 4.98 Å². The third-order valence-corrected chi connectivity index (χ3v) is 1.89. The van der Waals surface area contributed by atoms with Crippen LogP contribution >= 0.6 is 0 Å². The van der Waals surface area contributed by atoms with Crippen LogP contribution in [0.4, 0.5) is 0 Å². The molecule has 1 heterocycles. The van der Waals surface area contributed by atoms with E-state index >= 15 is 0 Å². The molecule has 0 aliphatic rings. The smallest absolute Gasteiger partial charge is 0.137 e. The van der Waals surface area contributed by atoms with Crippen LogP contribution in [0.1, 0.15) is 18.9 Å². The molecule has 0 saturated carbocycles. The maximum Gasteiger partial charge on any atom is 0.137 e. The lowest BCUT2D eigenvalue weighted by atomic mass is 10.1. The van der Waals surface area contributed by atoms with Crippen molar-refractivity contribution >= 4 is 0 Å². The molecule has 0 aromatic carbocycles. The zero-order valence-electron chi connectivity index (χ0n) is 8.16. The molecule has 13 heavy (non-hydrogen) atoms. The van der Waals surface area contributed by atoms with Crippen molar-refractivity contribution in [2.75, 3.05) is 7.11 Å². The van der Waals surface area contributed by atoms with Crippen LogP contribution < -0.4 is 10.5 Å². The minimum absolute atomic E-state index is 0.242. The first-order valence-electron chi connectivity index (χ1n) is 4.46. The van der Waals surface area contributed by atoms with Crippen LogP contribution in [0.25, 0.3) is 0 Å². The minimum atomic E-state index is 0.242. The fourth-order valence-corrected chi connectivity index (χ4v) is 1.11. The molecule has 1 aromatic heterocycles. The Hall–Kier alpha value is -1.09. The molecule has 0 spiro atoms. The molecule has 1 atom stereocenters. The van der Waals surface area contributed by atoms with Gasteiger partial charge >= 0.3 is 0 Å². The van der Waals surface area contributed by atoms with Crippen LogP contribution in [0.3, 0.4) is 0 Å². The Morgan fingerprint density at radius 1 is 1.54 bits per heavy atom. The highest BCUT2D eigenvalue weighted by atomic mass is 16.5. The van der Waals surface area contributed by atoms with Gasteiger partial charge in [-0.3, -0.25) is 4.98 Å². The van der Waals surface area contributed by atoms with E-state index in [1.165, 1.54) is 5.56 Å². The van der Waals surface area contributed by atoms with E-state index in [1.54, 1.807) is 13.3 Å². The van der Waals surface area contributed by atoms with Gasteiger partial charge in [0.25, 0.3) is 0 Å². The molecule has 72 valence electrons. The van der Waals surface area contributed by atoms with E-state index in [4.69, 9.17) is 10.5 Å². The largest absolute Gasteiger partial charge is 0.495 e. The molecule has 3 nitrogen and oxygen atoms in total. The Balaban J connectivity index is 2.56. The Morgan fingerprint density at radius 3 is 2.92 bits per heavy atom. The molecule has 3 heteroatoms. The first-order chi connectivity index (χ1) is 6.22. The van der Waals surface area contributed by atoms with Gasteiger partial charge in [0.2, 0.25) is 0 Å². The summed E-state index contributed by atoms with van der Waals surface area (Å²) in [5.74, 6) is 0.808. The van der Waals surface area contributed by atoms with Crippen LogP contribution in [0.5, 0.6) is 5.75 Å². The summed E-state index contributed by atoms with van der Waals surface area (Å²) in [7, 11) is 1.65. The van der Waals surface area contributed by atoms with Crippen molar-refractivity contribution in [3.8, 4) is 5.75 Å².